The molecular weight excluding hydrogens is 420 g/mol. The normalized spacial score (nSPS) is 15.3. The highest BCUT2D eigenvalue weighted by atomic mass is 16.1. The third kappa shape index (κ3) is 6.24. The average molecular weight is 453 g/mol. The van der Waals surface area contributed by atoms with Gasteiger partial charge in [-0.3, -0.25) is 9.69 Å². The highest BCUT2D eigenvalue weighted by Gasteiger charge is 2.25. The second-order valence-electron chi connectivity index (χ2n) is 8.99. The molecule has 3 aromatic rings. The number of benzene rings is 3. The number of carbonyl (C=O) groups excluding carboxylic acids is 1. The Hall–Kier alpha value is -3.62. The number of para-hydroxylation sites is 2. The van der Waals surface area contributed by atoms with Crippen LogP contribution in [0.5, 0.6) is 0 Å². The summed E-state index contributed by atoms with van der Waals surface area (Å²) >= 11 is 0. The number of hydrogen-bond acceptors (Lipinski definition) is 4. The predicted octanol–water partition coefficient (Wildman–Crippen LogP) is 4.91. The smallest absolute Gasteiger partial charge is 0.224 e. The van der Waals surface area contributed by atoms with Crippen LogP contribution >= 0.6 is 0 Å². The Kier molecular flexibility index (Phi) is 7.95. The lowest BCUT2D eigenvalue weighted by Crippen LogP contribution is -2.49. The van der Waals surface area contributed by atoms with Gasteiger partial charge >= 0.3 is 0 Å². The lowest BCUT2D eigenvalue weighted by Gasteiger charge is -2.39. The van der Waals surface area contributed by atoms with Crippen LogP contribution in [-0.2, 0) is 11.2 Å². The standard InChI is InChI=1S/C29H32N4O/c1-23(22-33(27-8-4-2-5-9-27)28-10-6-3-7-11-28)32-18-16-26(17-19-32)31-29(34)20-24-12-14-25(21-30)15-13-24/h2-15,23,26H,16-20,22H2,1H3,(H,31,34). The van der Waals surface area contributed by atoms with Crippen molar-refractivity contribution in [3.63, 3.8) is 0 Å². The van der Waals surface area contributed by atoms with E-state index in [2.05, 4.69) is 88.8 Å². The number of amides is 1. The van der Waals surface area contributed by atoms with Gasteiger partial charge in [0.25, 0.3) is 0 Å². The molecule has 1 fully saturated rings. The Morgan fingerprint density at radius 2 is 1.53 bits per heavy atom. The van der Waals surface area contributed by atoms with Crippen molar-refractivity contribution in [1.82, 2.24) is 10.2 Å². The summed E-state index contributed by atoms with van der Waals surface area (Å²) in [6.07, 6.45) is 2.27. The summed E-state index contributed by atoms with van der Waals surface area (Å²) in [4.78, 5) is 17.4. The zero-order valence-electron chi connectivity index (χ0n) is 19.7. The molecular formula is C29H32N4O. The van der Waals surface area contributed by atoms with E-state index in [-0.39, 0.29) is 11.9 Å². The first kappa shape index (κ1) is 23.5. The fourth-order valence-corrected chi connectivity index (χ4v) is 4.60. The Labute approximate surface area is 202 Å². The largest absolute Gasteiger partial charge is 0.353 e. The van der Waals surface area contributed by atoms with Crippen LogP contribution in [0.1, 0.15) is 30.9 Å². The molecule has 0 spiro atoms. The van der Waals surface area contributed by atoms with Gasteiger partial charge in [-0.05, 0) is 61.7 Å². The number of nitrogens with zero attached hydrogens (tertiary/aromatic N) is 3. The number of likely N-dealkylation sites (tertiary alicyclic amines) is 1. The molecule has 0 radical (unpaired) electrons. The Bertz CT molecular complexity index is 1040. The van der Waals surface area contributed by atoms with Crippen LogP contribution in [0.2, 0.25) is 0 Å². The van der Waals surface area contributed by atoms with Gasteiger partial charge < -0.3 is 10.2 Å². The maximum atomic E-state index is 12.5. The lowest BCUT2D eigenvalue weighted by atomic mass is 10.0. The van der Waals surface area contributed by atoms with Gasteiger partial charge in [-0.15, -0.1) is 0 Å². The van der Waals surface area contributed by atoms with E-state index in [1.54, 1.807) is 12.1 Å². The highest BCUT2D eigenvalue weighted by molar-refractivity contribution is 5.78. The van der Waals surface area contributed by atoms with Crippen LogP contribution in [-0.4, -0.2) is 42.5 Å². The second kappa shape index (κ2) is 11.5. The molecule has 174 valence electrons. The number of carbonyl (C=O) groups is 1. The van der Waals surface area contributed by atoms with E-state index in [0.717, 1.165) is 38.0 Å². The summed E-state index contributed by atoms with van der Waals surface area (Å²) in [6.45, 7) is 5.15. The number of nitrogens with one attached hydrogen (secondary N) is 1. The fraction of sp³-hybridized carbons (Fsp3) is 0.310. The van der Waals surface area contributed by atoms with Gasteiger partial charge in [0.05, 0.1) is 18.1 Å². The molecule has 3 aromatic carbocycles. The van der Waals surface area contributed by atoms with Gasteiger partial charge in [0, 0.05) is 43.1 Å². The maximum Gasteiger partial charge on any atom is 0.224 e. The van der Waals surface area contributed by atoms with Crippen LogP contribution in [0.25, 0.3) is 0 Å². The van der Waals surface area contributed by atoms with E-state index < -0.39 is 0 Å². The Balaban J connectivity index is 1.29. The summed E-state index contributed by atoms with van der Waals surface area (Å²) in [5, 5.41) is 12.1. The van der Waals surface area contributed by atoms with Crippen molar-refractivity contribution in [1.29, 1.82) is 5.26 Å². The molecule has 0 aromatic heterocycles. The van der Waals surface area contributed by atoms with Crippen molar-refractivity contribution < 1.29 is 4.79 Å². The molecule has 0 saturated carbocycles. The van der Waals surface area contributed by atoms with E-state index in [1.807, 2.05) is 12.1 Å². The third-order valence-corrected chi connectivity index (χ3v) is 6.55. The molecule has 1 heterocycles. The summed E-state index contributed by atoms with van der Waals surface area (Å²) in [7, 11) is 0. The molecule has 1 N–H and O–H groups in total. The lowest BCUT2D eigenvalue weighted by molar-refractivity contribution is -0.121. The summed E-state index contributed by atoms with van der Waals surface area (Å²) < 4.78 is 0. The van der Waals surface area contributed by atoms with Gasteiger partial charge in [0.15, 0.2) is 0 Å². The van der Waals surface area contributed by atoms with Gasteiger partial charge in [0.1, 0.15) is 0 Å². The summed E-state index contributed by atoms with van der Waals surface area (Å²) in [5.41, 5.74) is 3.95. The molecule has 4 rings (SSSR count). The zero-order valence-corrected chi connectivity index (χ0v) is 19.7. The number of rotatable bonds is 8. The molecule has 1 aliphatic heterocycles. The molecule has 0 aliphatic carbocycles. The van der Waals surface area contributed by atoms with E-state index in [4.69, 9.17) is 5.26 Å². The third-order valence-electron chi connectivity index (χ3n) is 6.55. The van der Waals surface area contributed by atoms with E-state index in [9.17, 15) is 4.79 Å². The molecule has 1 unspecified atom stereocenters. The molecule has 1 atom stereocenters. The molecule has 1 aliphatic rings. The Morgan fingerprint density at radius 3 is 2.06 bits per heavy atom. The van der Waals surface area contributed by atoms with Crippen molar-refractivity contribution in [2.75, 3.05) is 24.5 Å². The monoisotopic (exact) mass is 452 g/mol. The van der Waals surface area contributed by atoms with E-state index in [0.29, 0.717) is 18.0 Å². The van der Waals surface area contributed by atoms with Gasteiger partial charge in [-0.1, -0.05) is 48.5 Å². The quantitative estimate of drug-likeness (QED) is 0.528. The number of anilines is 2. The predicted molar refractivity (Wildman–Crippen MR) is 137 cm³/mol. The number of piperidine rings is 1. The topological polar surface area (TPSA) is 59.4 Å². The minimum absolute atomic E-state index is 0.0514. The highest BCUT2D eigenvalue weighted by Crippen LogP contribution is 2.26. The average Bonchev–Trinajstić information content (AvgIpc) is 2.89. The minimum Gasteiger partial charge on any atom is -0.353 e. The van der Waals surface area contributed by atoms with Crippen molar-refractivity contribution >= 4 is 17.3 Å². The van der Waals surface area contributed by atoms with E-state index >= 15 is 0 Å². The van der Waals surface area contributed by atoms with Crippen molar-refractivity contribution in [3.05, 3.63) is 96.1 Å². The molecule has 1 saturated heterocycles. The minimum atomic E-state index is 0.0514. The molecule has 1 amide bonds. The first-order valence-electron chi connectivity index (χ1n) is 12.0. The van der Waals surface area contributed by atoms with Crippen molar-refractivity contribution in [3.8, 4) is 6.07 Å². The van der Waals surface area contributed by atoms with Crippen LogP contribution in [0, 0.1) is 11.3 Å². The molecule has 0 bridgehead atoms. The van der Waals surface area contributed by atoms with Crippen LogP contribution in [0.15, 0.2) is 84.9 Å². The van der Waals surface area contributed by atoms with Crippen LogP contribution in [0.4, 0.5) is 11.4 Å². The zero-order chi connectivity index (χ0) is 23.8. The SMILES string of the molecule is CC(CN(c1ccccc1)c1ccccc1)N1CCC(NC(=O)Cc2ccc(C#N)cc2)CC1. The van der Waals surface area contributed by atoms with Gasteiger partial charge in [-0.2, -0.15) is 5.26 Å². The van der Waals surface area contributed by atoms with E-state index in [1.165, 1.54) is 11.4 Å². The Morgan fingerprint density at radius 1 is 0.971 bits per heavy atom. The number of hydrogen-bond donors (Lipinski definition) is 1. The van der Waals surface area contributed by atoms with Crippen molar-refractivity contribution in [2.45, 2.75) is 38.3 Å². The van der Waals surface area contributed by atoms with Crippen LogP contribution in [0.3, 0.4) is 0 Å². The first-order valence-corrected chi connectivity index (χ1v) is 12.0. The molecule has 34 heavy (non-hydrogen) atoms. The summed E-state index contributed by atoms with van der Waals surface area (Å²) in [6, 6.07) is 31.0. The maximum absolute atomic E-state index is 12.5. The fourth-order valence-electron chi connectivity index (χ4n) is 4.60. The van der Waals surface area contributed by atoms with Gasteiger partial charge in [0.2, 0.25) is 5.91 Å². The number of nitriles is 1. The molecule has 5 heteroatoms. The van der Waals surface area contributed by atoms with Crippen molar-refractivity contribution in [2.24, 2.45) is 0 Å². The van der Waals surface area contributed by atoms with Gasteiger partial charge in [-0.25, -0.2) is 0 Å². The summed E-state index contributed by atoms with van der Waals surface area (Å²) in [5.74, 6) is 0.0514. The first-order chi connectivity index (χ1) is 16.6. The molecule has 5 nitrogen and oxygen atoms in total. The second-order valence-corrected chi connectivity index (χ2v) is 8.99. The van der Waals surface area contributed by atoms with Crippen LogP contribution < -0.4 is 10.2 Å².